The number of pyridine rings is 1. The molecule has 0 bridgehead atoms. The first-order valence-corrected chi connectivity index (χ1v) is 8.52. The van der Waals surface area contributed by atoms with E-state index in [0.29, 0.717) is 11.7 Å². The molecule has 4 rings (SSSR count). The molecule has 1 heterocycles. The molecule has 0 spiro atoms. The van der Waals surface area contributed by atoms with Crippen LogP contribution >= 0.6 is 0 Å². The number of nitrogen functional groups attached to an aromatic ring is 1. The van der Waals surface area contributed by atoms with Crippen molar-refractivity contribution in [1.29, 1.82) is 0 Å². The molecule has 0 saturated carbocycles. The van der Waals surface area contributed by atoms with Crippen molar-refractivity contribution < 1.29 is 0 Å². The van der Waals surface area contributed by atoms with Gasteiger partial charge in [-0.2, -0.15) is 0 Å². The Morgan fingerprint density at radius 1 is 1.09 bits per heavy atom. The molecule has 2 aliphatic carbocycles. The summed E-state index contributed by atoms with van der Waals surface area (Å²) in [5, 5.41) is 0. The average Bonchev–Trinajstić information content (AvgIpc) is 2.63. The van der Waals surface area contributed by atoms with Gasteiger partial charge in [0.25, 0.3) is 0 Å². The minimum Gasteiger partial charge on any atom is -0.384 e. The molecular formula is C20H24N2. The van der Waals surface area contributed by atoms with Crippen LogP contribution in [0.4, 0.5) is 5.82 Å². The quantitative estimate of drug-likeness (QED) is 0.794. The van der Waals surface area contributed by atoms with Gasteiger partial charge in [-0.15, -0.1) is 0 Å². The number of anilines is 1. The third kappa shape index (κ3) is 2.13. The maximum absolute atomic E-state index is 5.91. The van der Waals surface area contributed by atoms with Gasteiger partial charge >= 0.3 is 0 Å². The van der Waals surface area contributed by atoms with Gasteiger partial charge in [-0.1, -0.05) is 19.1 Å². The lowest BCUT2D eigenvalue weighted by Crippen LogP contribution is -2.13. The van der Waals surface area contributed by atoms with Gasteiger partial charge in [0.05, 0.1) is 0 Å². The Bertz CT molecular complexity index is 746. The fraction of sp³-hybridized carbons (Fsp3) is 0.450. The molecule has 2 aromatic rings. The van der Waals surface area contributed by atoms with Crippen molar-refractivity contribution in [3.8, 4) is 0 Å². The Balaban J connectivity index is 1.90. The van der Waals surface area contributed by atoms with Gasteiger partial charge in [0, 0.05) is 5.69 Å². The molecule has 2 heteroatoms. The third-order valence-corrected chi connectivity index (χ3v) is 5.47. The summed E-state index contributed by atoms with van der Waals surface area (Å²) in [5.74, 6) is 1.19. The van der Waals surface area contributed by atoms with Crippen molar-refractivity contribution in [1.82, 2.24) is 4.98 Å². The molecule has 22 heavy (non-hydrogen) atoms. The fourth-order valence-corrected chi connectivity index (χ4v) is 4.50. The van der Waals surface area contributed by atoms with Crippen LogP contribution in [0.2, 0.25) is 0 Å². The highest BCUT2D eigenvalue weighted by atomic mass is 14.8. The van der Waals surface area contributed by atoms with Gasteiger partial charge in [0.15, 0.2) is 0 Å². The van der Waals surface area contributed by atoms with Crippen LogP contribution in [0.1, 0.15) is 64.8 Å². The number of hydrogen-bond acceptors (Lipinski definition) is 2. The van der Waals surface area contributed by atoms with Crippen LogP contribution in [-0.4, -0.2) is 4.98 Å². The van der Waals surface area contributed by atoms with Crippen LogP contribution in [0.15, 0.2) is 18.2 Å². The topological polar surface area (TPSA) is 38.9 Å². The van der Waals surface area contributed by atoms with Crippen molar-refractivity contribution >= 4 is 5.82 Å². The molecule has 0 amide bonds. The van der Waals surface area contributed by atoms with Gasteiger partial charge in [-0.25, -0.2) is 4.98 Å². The number of benzene rings is 1. The zero-order chi connectivity index (χ0) is 15.3. The van der Waals surface area contributed by atoms with Crippen LogP contribution in [0.25, 0.3) is 0 Å². The fourth-order valence-electron chi connectivity index (χ4n) is 4.50. The van der Waals surface area contributed by atoms with E-state index in [-0.39, 0.29) is 0 Å². The van der Waals surface area contributed by atoms with Gasteiger partial charge in [-0.05, 0) is 90.8 Å². The lowest BCUT2D eigenvalue weighted by Gasteiger charge is -2.26. The second-order valence-corrected chi connectivity index (χ2v) is 7.05. The van der Waals surface area contributed by atoms with Crippen molar-refractivity contribution in [2.45, 2.75) is 58.3 Å². The Morgan fingerprint density at radius 2 is 1.86 bits per heavy atom. The zero-order valence-corrected chi connectivity index (χ0v) is 13.6. The molecule has 0 aliphatic heterocycles. The lowest BCUT2D eigenvalue weighted by molar-refractivity contribution is 0.654. The van der Waals surface area contributed by atoms with Crippen molar-refractivity contribution in [3.63, 3.8) is 0 Å². The number of aromatic nitrogens is 1. The molecule has 1 aromatic heterocycles. The number of fused-ring (bicyclic) bond motifs is 4. The first-order valence-electron chi connectivity index (χ1n) is 8.52. The van der Waals surface area contributed by atoms with Crippen molar-refractivity contribution in [2.75, 3.05) is 5.73 Å². The Kier molecular flexibility index (Phi) is 3.21. The number of nitrogens with zero attached hydrogens (tertiary/aromatic N) is 1. The average molecular weight is 292 g/mol. The summed E-state index contributed by atoms with van der Waals surface area (Å²) >= 11 is 0. The Labute approximate surface area is 132 Å². The van der Waals surface area contributed by atoms with Crippen LogP contribution in [0.5, 0.6) is 0 Å². The van der Waals surface area contributed by atoms with Crippen molar-refractivity contribution in [2.24, 2.45) is 0 Å². The smallest absolute Gasteiger partial charge is 0.123 e. The van der Waals surface area contributed by atoms with E-state index in [4.69, 9.17) is 5.73 Å². The minimum atomic E-state index is 0.540. The van der Waals surface area contributed by atoms with Crippen LogP contribution in [-0.2, 0) is 25.7 Å². The Hall–Kier alpha value is -1.83. The summed E-state index contributed by atoms with van der Waals surface area (Å²) in [7, 11) is 0. The second-order valence-electron chi connectivity index (χ2n) is 7.05. The highest BCUT2D eigenvalue weighted by Crippen LogP contribution is 2.39. The summed E-state index contributed by atoms with van der Waals surface area (Å²) in [5.41, 5.74) is 16.4. The van der Waals surface area contributed by atoms with Crippen LogP contribution in [0, 0.1) is 6.92 Å². The van der Waals surface area contributed by atoms with Crippen LogP contribution < -0.4 is 5.73 Å². The first-order chi connectivity index (χ1) is 10.6. The molecule has 2 aliphatic rings. The summed E-state index contributed by atoms with van der Waals surface area (Å²) in [6.07, 6.45) is 7.24. The molecule has 0 unspecified atom stereocenters. The standard InChI is InChI=1S/C20H24N2/c1-12-9-15-11-14-7-8-19(21)22-18(14)10-13(2)20(15)17-6-4-3-5-16(12)17/h7-9,13H,3-6,10-11H2,1-2H3,(H2,21,22)/t13-/m1/s1. The van der Waals surface area contributed by atoms with E-state index in [1.165, 1.54) is 48.1 Å². The van der Waals surface area contributed by atoms with E-state index in [1.54, 1.807) is 16.7 Å². The normalized spacial score (nSPS) is 19.8. The number of rotatable bonds is 0. The maximum Gasteiger partial charge on any atom is 0.123 e. The first kappa shape index (κ1) is 13.8. The molecule has 114 valence electrons. The molecule has 0 radical (unpaired) electrons. The molecular weight excluding hydrogens is 268 g/mol. The summed E-state index contributed by atoms with van der Waals surface area (Å²) in [6, 6.07) is 6.56. The van der Waals surface area contributed by atoms with Crippen molar-refractivity contribution in [3.05, 3.63) is 57.3 Å². The maximum atomic E-state index is 5.91. The Morgan fingerprint density at radius 3 is 2.68 bits per heavy atom. The molecule has 1 aromatic carbocycles. The highest BCUT2D eigenvalue weighted by molar-refractivity contribution is 5.52. The van der Waals surface area contributed by atoms with Gasteiger partial charge in [0.2, 0.25) is 0 Å². The molecule has 0 fully saturated rings. The zero-order valence-electron chi connectivity index (χ0n) is 13.6. The van der Waals surface area contributed by atoms with Crippen LogP contribution in [0.3, 0.4) is 0 Å². The monoisotopic (exact) mass is 292 g/mol. The molecule has 2 nitrogen and oxygen atoms in total. The van der Waals surface area contributed by atoms with Gasteiger partial charge < -0.3 is 5.73 Å². The van der Waals surface area contributed by atoms with E-state index in [0.717, 1.165) is 12.8 Å². The SMILES string of the molecule is Cc1cc2c(c3c1CCCC3)[C@H](C)Cc1nc(N)ccc1C2. The van der Waals surface area contributed by atoms with Gasteiger partial charge in [-0.3, -0.25) is 0 Å². The molecule has 1 atom stereocenters. The predicted molar refractivity (Wildman–Crippen MR) is 91.4 cm³/mol. The number of aryl methyl sites for hydroxylation is 1. The number of hydrogen-bond donors (Lipinski definition) is 1. The van der Waals surface area contributed by atoms with E-state index in [9.17, 15) is 0 Å². The molecule has 2 N–H and O–H groups in total. The number of nitrogens with two attached hydrogens (primary N) is 1. The van der Waals surface area contributed by atoms with E-state index < -0.39 is 0 Å². The van der Waals surface area contributed by atoms with Gasteiger partial charge in [0.1, 0.15) is 5.82 Å². The van der Waals surface area contributed by atoms with E-state index in [1.807, 2.05) is 6.07 Å². The third-order valence-electron chi connectivity index (χ3n) is 5.47. The lowest BCUT2D eigenvalue weighted by atomic mass is 9.79. The molecule has 0 saturated heterocycles. The summed E-state index contributed by atoms with van der Waals surface area (Å²) in [6.45, 7) is 4.66. The predicted octanol–water partition coefficient (Wildman–Crippen LogP) is 4.10. The second kappa shape index (κ2) is 5.12. The van der Waals surface area contributed by atoms with E-state index >= 15 is 0 Å². The largest absolute Gasteiger partial charge is 0.384 e. The summed E-state index contributed by atoms with van der Waals surface area (Å²) in [4.78, 5) is 4.62. The summed E-state index contributed by atoms with van der Waals surface area (Å²) < 4.78 is 0. The minimum absolute atomic E-state index is 0.540. The highest BCUT2D eigenvalue weighted by Gasteiger charge is 2.26. The van der Waals surface area contributed by atoms with E-state index in [2.05, 4.69) is 31.0 Å².